The zero-order valence-corrected chi connectivity index (χ0v) is 11.8. The minimum atomic E-state index is -0.405. The molecule has 2 atom stereocenters. The summed E-state index contributed by atoms with van der Waals surface area (Å²) < 4.78 is 0. The molecule has 1 heteroatoms. The van der Waals surface area contributed by atoms with Gasteiger partial charge in [-0.3, -0.25) is 0 Å². The smallest absolute Gasteiger partial charge is 0.0710 e. The van der Waals surface area contributed by atoms with Crippen molar-refractivity contribution < 1.29 is 5.11 Å². The third-order valence-electron chi connectivity index (χ3n) is 4.23. The lowest BCUT2D eigenvalue weighted by atomic mass is 9.77. The molecule has 0 saturated heterocycles. The summed E-state index contributed by atoms with van der Waals surface area (Å²) in [7, 11) is 0. The van der Waals surface area contributed by atoms with Gasteiger partial charge < -0.3 is 5.11 Å². The molecule has 1 N–H and O–H groups in total. The molecule has 0 bridgehead atoms. The number of hydrogen-bond acceptors (Lipinski definition) is 1. The second kappa shape index (κ2) is 7.92. The molecule has 17 heavy (non-hydrogen) atoms. The fourth-order valence-electron chi connectivity index (χ4n) is 2.78. The lowest BCUT2D eigenvalue weighted by molar-refractivity contribution is -0.0163. The van der Waals surface area contributed by atoms with E-state index >= 15 is 0 Å². The molecule has 0 saturated carbocycles. The highest BCUT2D eigenvalue weighted by Crippen LogP contribution is 2.33. The summed E-state index contributed by atoms with van der Waals surface area (Å²) in [5.74, 6) is 0.344. The van der Waals surface area contributed by atoms with Gasteiger partial charge in [0, 0.05) is 5.92 Å². The van der Waals surface area contributed by atoms with Gasteiger partial charge in [0.2, 0.25) is 0 Å². The van der Waals surface area contributed by atoms with E-state index in [1.165, 1.54) is 44.9 Å². The Bertz CT molecular complexity index is 222. The molecule has 2 unspecified atom stereocenters. The Kier molecular flexibility index (Phi) is 6.87. The van der Waals surface area contributed by atoms with Gasteiger partial charge in [0.15, 0.2) is 0 Å². The van der Waals surface area contributed by atoms with Crippen molar-refractivity contribution in [2.24, 2.45) is 5.92 Å². The van der Waals surface area contributed by atoms with Gasteiger partial charge >= 0.3 is 0 Å². The van der Waals surface area contributed by atoms with Gasteiger partial charge in [-0.25, -0.2) is 0 Å². The van der Waals surface area contributed by atoms with Crippen LogP contribution in [-0.2, 0) is 0 Å². The van der Waals surface area contributed by atoms with Gasteiger partial charge in [0.25, 0.3) is 0 Å². The van der Waals surface area contributed by atoms with Crippen LogP contribution >= 0.6 is 0 Å². The molecular formula is C16H30O. The molecule has 0 spiro atoms. The molecule has 0 heterocycles. The van der Waals surface area contributed by atoms with Crippen LogP contribution in [0.3, 0.4) is 0 Å². The van der Waals surface area contributed by atoms with Crippen LogP contribution in [0.2, 0.25) is 0 Å². The molecule has 0 aromatic carbocycles. The third kappa shape index (κ3) is 5.25. The summed E-state index contributed by atoms with van der Waals surface area (Å²) in [6.45, 7) is 4.41. The van der Waals surface area contributed by atoms with Crippen LogP contribution in [0.5, 0.6) is 0 Å². The Morgan fingerprint density at radius 3 is 2.41 bits per heavy atom. The SMILES string of the molecule is CCCCCCCCCC1(O)CCC=CC1C. The van der Waals surface area contributed by atoms with E-state index in [2.05, 4.69) is 26.0 Å². The molecule has 0 aromatic rings. The van der Waals surface area contributed by atoms with Crippen molar-refractivity contribution in [2.75, 3.05) is 0 Å². The van der Waals surface area contributed by atoms with E-state index in [1.807, 2.05) is 0 Å². The van der Waals surface area contributed by atoms with Crippen LogP contribution in [0, 0.1) is 5.92 Å². The van der Waals surface area contributed by atoms with Crippen molar-refractivity contribution >= 4 is 0 Å². The molecular weight excluding hydrogens is 208 g/mol. The Labute approximate surface area is 107 Å². The van der Waals surface area contributed by atoms with Crippen LogP contribution in [0.25, 0.3) is 0 Å². The number of unbranched alkanes of at least 4 members (excludes halogenated alkanes) is 6. The summed E-state index contributed by atoms with van der Waals surface area (Å²) in [6, 6.07) is 0. The molecule has 0 aliphatic heterocycles. The van der Waals surface area contributed by atoms with Crippen molar-refractivity contribution in [1.29, 1.82) is 0 Å². The fourth-order valence-corrected chi connectivity index (χ4v) is 2.78. The van der Waals surface area contributed by atoms with E-state index in [1.54, 1.807) is 0 Å². The van der Waals surface area contributed by atoms with E-state index in [9.17, 15) is 5.11 Å². The number of hydrogen-bond donors (Lipinski definition) is 1. The summed E-state index contributed by atoms with van der Waals surface area (Å²) in [5, 5.41) is 10.5. The first-order valence-corrected chi connectivity index (χ1v) is 7.58. The lowest BCUT2D eigenvalue weighted by Crippen LogP contribution is -2.37. The molecule has 1 aliphatic rings. The summed E-state index contributed by atoms with van der Waals surface area (Å²) in [5.41, 5.74) is -0.405. The highest BCUT2D eigenvalue weighted by atomic mass is 16.3. The minimum Gasteiger partial charge on any atom is -0.389 e. The average molecular weight is 238 g/mol. The highest BCUT2D eigenvalue weighted by Gasteiger charge is 2.32. The molecule has 100 valence electrons. The van der Waals surface area contributed by atoms with Crippen molar-refractivity contribution in [2.45, 2.75) is 83.7 Å². The monoisotopic (exact) mass is 238 g/mol. The molecule has 0 radical (unpaired) electrons. The maximum atomic E-state index is 10.5. The normalized spacial score (nSPS) is 28.5. The van der Waals surface area contributed by atoms with E-state index < -0.39 is 5.60 Å². The Balaban J connectivity index is 2.07. The molecule has 0 aromatic heterocycles. The standard InChI is InChI=1S/C16H30O/c1-3-4-5-6-7-8-10-13-16(17)14-11-9-12-15(16)2/h9,12,15,17H,3-8,10-11,13-14H2,1-2H3. The van der Waals surface area contributed by atoms with Crippen LogP contribution in [0.1, 0.15) is 78.1 Å². The maximum absolute atomic E-state index is 10.5. The van der Waals surface area contributed by atoms with Gasteiger partial charge in [-0.15, -0.1) is 0 Å². The van der Waals surface area contributed by atoms with E-state index in [0.29, 0.717) is 5.92 Å². The molecule has 0 amide bonds. The van der Waals surface area contributed by atoms with Gasteiger partial charge in [-0.1, -0.05) is 70.9 Å². The van der Waals surface area contributed by atoms with E-state index in [0.717, 1.165) is 19.3 Å². The minimum absolute atomic E-state index is 0.344. The van der Waals surface area contributed by atoms with Gasteiger partial charge in [0.1, 0.15) is 0 Å². The van der Waals surface area contributed by atoms with Gasteiger partial charge in [-0.05, 0) is 19.3 Å². The largest absolute Gasteiger partial charge is 0.389 e. The summed E-state index contributed by atoms with van der Waals surface area (Å²) >= 11 is 0. The van der Waals surface area contributed by atoms with Crippen molar-refractivity contribution in [3.8, 4) is 0 Å². The Morgan fingerprint density at radius 1 is 1.12 bits per heavy atom. The zero-order valence-electron chi connectivity index (χ0n) is 11.8. The highest BCUT2D eigenvalue weighted by molar-refractivity contribution is 5.03. The first kappa shape index (κ1) is 14.8. The van der Waals surface area contributed by atoms with Crippen molar-refractivity contribution in [1.82, 2.24) is 0 Å². The van der Waals surface area contributed by atoms with Crippen LogP contribution < -0.4 is 0 Å². The Morgan fingerprint density at radius 2 is 1.76 bits per heavy atom. The van der Waals surface area contributed by atoms with Crippen molar-refractivity contribution in [3.05, 3.63) is 12.2 Å². The van der Waals surface area contributed by atoms with Crippen LogP contribution in [0.4, 0.5) is 0 Å². The van der Waals surface area contributed by atoms with Crippen LogP contribution in [0.15, 0.2) is 12.2 Å². The van der Waals surface area contributed by atoms with Gasteiger partial charge in [0.05, 0.1) is 5.60 Å². The quantitative estimate of drug-likeness (QED) is 0.473. The summed E-state index contributed by atoms with van der Waals surface area (Å²) in [6.07, 6.45) is 16.7. The lowest BCUT2D eigenvalue weighted by Gasteiger charge is -2.35. The average Bonchev–Trinajstić information content (AvgIpc) is 2.32. The van der Waals surface area contributed by atoms with Gasteiger partial charge in [-0.2, -0.15) is 0 Å². The predicted octanol–water partition coefficient (Wildman–Crippen LogP) is 4.84. The second-order valence-corrected chi connectivity index (χ2v) is 5.73. The van der Waals surface area contributed by atoms with E-state index in [4.69, 9.17) is 0 Å². The Hall–Kier alpha value is -0.300. The maximum Gasteiger partial charge on any atom is 0.0710 e. The van der Waals surface area contributed by atoms with E-state index in [-0.39, 0.29) is 0 Å². The third-order valence-corrected chi connectivity index (χ3v) is 4.23. The molecule has 1 rings (SSSR count). The molecule has 1 aliphatic carbocycles. The first-order chi connectivity index (χ1) is 8.19. The summed E-state index contributed by atoms with van der Waals surface area (Å²) in [4.78, 5) is 0. The first-order valence-electron chi connectivity index (χ1n) is 7.58. The number of aliphatic hydroxyl groups is 1. The second-order valence-electron chi connectivity index (χ2n) is 5.73. The predicted molar refractivity (Wildman–Crippen MR) is 75.1 cm³/mol. The molecule has 0 fully saturated rings. The number of rotatable bonds is 8. The zero-order chi connectivity index (χ0) is 12.6. The fraction of sp³-hybridized carbons (Fsp3) is 0.875. The van der Waals surface area contributed by atoms with Crippen LogP contribution in [-0.4, -0.2) is 10.7 Å². The topological polar surface area (TPSA) is 20.2 Å². The van der Waals surface area contributed by atoms with Crippen molar-refractivity contribution in [3.63, 3.8) is 0 Å². The number of allylic oxidation sites excluding steroid dienone is 1. The molecule has 1 nitrogen and oxygen atoms in total.